The molecule has 1 aliphatic heterocycles. The van der Waals surface area contributed by atoms with Gasteiger partial charge in [-0.15, -0.1) is 0 Å². The smallest absolute Gasteiger partial charge is 0.320 e. The molecule has 0 aromatic heterocycles. The minimum atomic E-state index is -2.12. The zero-order valence-electron chi connectivity index (χ0n) is 14.2. The van der Waals surface area contributed by atoms with Gasteiger partial charge in [-0.3, -0.25) is 40.5 Å². The van der Waals surface area contributed by atoms with E-state index in [1.165, 1.54) is 0 Å². The van der Waals surface area contributed by atoms with Gasteiger partial charge in [0.2, 0.25) is 5.54 Å². The first-order chi connectivity index (χ1) is 12.3. The minimum absolute atomic E-state index is 0.371. The van der Waals surface area contributed by atoms with E-state index >= 15 is 0 Å². The van der Waals surface area contributed by atoms with Gasteiger partial charge in [0.15, 0.2) is 5.92 Å². The number of aliphatic hydroxyl groups is 1. The topological polar surface area (TPSA) is 196 Å². The maximum absolute atomic E-state index is 11.5. The highest BCUT2D eigenvalue weighted by Crippen LogP contribution is 2.51. The van der Waals surface area contributed by atoms with Crippen LogP contribution in [0.2, 0.25) is 0 Å². The highest BCUT2D eigenvalue weighted by atomic mass is 16.6. The number of benzene rings is 1. The van der Waals surface area contributed by atoms with Crippen molar-refractivity contribution < 1.29 is 24.8 Å². The number of nitro groups is 4. The number of hydrogen-bond donors (Lipinski definition) is 1. The molecule has 1 heterocycles. The summed E-state index contributed by atoms with van der Waals surface area (Å²) in [5, 5.41) is 55.8. The Balaban J connectivity index is 3.03. The Bertz CT molecular complexity index is 923. The molecule has 0 radical (unpaired) electrons. The van der Waals surface area contributed by atoms with Gasteiger partial charge >= 0.3 is 5.70 Å². The van der Waals surface area contributed by atoms with Gasteiger partial charge in [-0.2, -0.15) is 0 Å². The molecule has 1 aromatic rings. The summed E-state index contributed by atoms with van der Waals surface area (Å²) in [4.78, 5) is 42.5. The predicted molar refractivity (Wildman–Crippen MR) is 88.6 cm³/mol. The zero-order chi connectivity index (χ0) is 20.8. The molecule has 0 bridgehead atoms. The van der Waals surface area contributed by atoms with E-state index in [1.807, 2.05) is 0 Å². The van der Waals surface area contributed by atoms with Crippen LogP contribution in [0.25, 0.3) is 0 Å². The van der Waals surface area contributed by atoms with Gasteiger partial charge in [-0.1, -0.05) is 0 Å². The van der Waals surface area contributed by atoms with Crippen LogP contribution in [0.1, 0.15) is 25.3 Å². The number of anilines is 1. The quantitative estimate of drug-likeness (QED) is 0.580. The lowest BCUT2D eigenvalue weighted by molar-refractivity contribution is -0.571. The molecule has 144 valence electrons. The molecule has 27 heavy (non-hydrogen) atoms. The van der Waals surface area contributed by atoms with Gasteiger partial charge in [0.25, 0.3) is 17.3 Å². The van der Waals surface area contributed by atoms with Crippen molar-refractivity contribution in [2.75, 3.05) is 11.9 Å². The van der Waals surface area contributed by atoms with Crippen molar-refractivity contribution in [3.05, 3.63) is 69.7 Å². The number of aliphatic hydroxyl groups excluding tert-OH is 1. The third kappa shape index (κ3) is 2.86. The van der Waals surface area contributed by atoms with Crippen LogP contribution in [0, 0.1) is 40.5 Å². The van der Waals surface area contributed by atoms with E-state index in [1.54, 1.807) is 0 Å². The standard InChI is InChI=1S/C13H13N5O9/c1-13(2,18(26)27)9-7-4-6(15(20)21)5-8(16(22)23)10(7)14(3)12(19)11(9)17(24)25/h4-5,9,19H,1-3H3. The van der Waals surface area contributed by atoms with Gasteiger partial charge in [-0.05, 0) is 0 Å². The number of fused-ring (bicyclic) bond motifs is 1. The fourth-order valence-corrected chi connectivity index (χ4v) is 3.02. The summed E-state index contributed by atoms with van der Waals surface area (Å²) in [6.07, 6.45) is 0. The summed E-state index contributed by atoms with van der Waals surface area (Å²) in [5.74, 6) is -2.81. The summed E-state index contributed by atoms with van der Waals surface area (Å²) in [7, 11) is 1.08. The Kier molecular flexibility index (Phi) is 4.44. The van der Waals surface area contributed by atoms with Gasteiger partial charge in [0, 0.05) is 37.4 Å². The van der Waals surface area contributed by atoms with Crippen LogP contribution in [0.5, 0.6) is 0 Å². The van der Waals surface area contributed by atoms with E-state index in [4.69, 9.17) is 0 Å². The Labute approximate surface area is 149 Å². The predicted octanol–water partition coefficient (Wildman–Crippen LogP) is 2.10. The number of nitrogens with zero attached hydrogens (tertiary/aromatic N) is 5. The highest BCUT2D eigenvalue weighted by Gasteiger charge is 2.56. The molecule has 1 aliphatic rings. The van der Waals surface area contributed by atoms with Crippen molar-refractivity contribution in [3.63, 3.8) is 0 Å². The summed E-state index contributed by atoms with van der Waals surface area (Å²) in [5.41, 5.74) is -5.45. The third-order valence-corrected chi connectivity index (χ3v) is 4.35. The van der Waals surface area contributed by atoms with Gasteiger partial charge < -0.3 is 10.0 Å². The van der Waals surface area contributed by atoms with Crippen molar-refractivity contribution in [2.24, 2.45) is 0 Å². The van der Waals surface area contributed by atoms with Crippen LogP contribution >= 0.6 is 0 Å². The first-order valence-corrected chi connectivity index (χ1v) is 7.24. The van der Waals surface area contributed by atoms with Gasteiger partial charge in [0.05, 0.1) is 20.8 Å². The van der Waals surface area contributed by atoms with Crippen LogP contribution in [-0.4, -0.2) is 37.4 Å². The molecule has 0 amide bonds. The average molecular weight is 383 g/mol. The second-order valence-corrected chi connectivity index (χ2v) is 6.29. The number of nitro benzene ring substituents is 2. The molecule has 1 atom stereocenters. The zero-order valence-corrected chi connectivity index (χ0v) is 14.2. The van der Waals surface area contributed by atoms with Crippen LogP contribution < -0.4 is 4.90 Å². The maximum Gasteiger partial charge on any atom is 0.320 e. The largest absolute Gasteiger partial charge is 0.490 e. The molecule has 1 unspecified atom stereocenters. The van der Waals surface area contributed by atoms with E-state index in [2.05, 4.69) is 0 Å². The molecule has 0 spiro atoms. The molecule has 0 saturated carbocycles. The second kappa shape index (κ2) is 6.15. The fourth-order valence-electron chi connectivity index (χ4n) is 3.02. The molecule has 1 N–H and O–H groups in total. The molecule has 0 aliphatic carbocycles. The maximum atomic E-state index is 11.5. The Morgan fingerprint density at radius 1 is 1.00 bits per heavy atom. The van der Waals surface area contributed by atoms with Crippen LogP contribution in [0.15, 0.2) is 23.7 Å². The average Bonchev–Trinajstić information content (AvgIpc) is 2.55. The lowest BCUT2D eigenvalue weighted by Crippen LogP contribution is -2.44. The summed E-state index contributed by atoms with van der Waals surface area (Å²) < 4.78 is 0. The number of rotatable bonds is 5. The van der Waals surface area contributed by atoms with E-state index in [-0.39, 0.29) is 5.56 Å². The SMILES string of the molecule is CN1C(O)=C([N+](=O)[O-])C(C(C)(C)[N+](=O)[O-])c2cc([N+](=O)[O-])cc([N+](=O)[O-])c21. The Morgan fingerprint density at radius 3 is 1.96 bits per heavy atom. The normalized spacial score (nSPS) is 16.7. The number of non-ortho nitro benzene ring substituents is 1. The van der Waals surface area contributed by atoms with Gasteiger partial charge in [0.1, 0.15) is 5.69 Å². The van der Waals surface area contributed by atoms with Gasteiger partial charge in [-0.25, -0.2) is 0 Å². The molecule has 0 saturated heterocycles. The van der Waals surface area contributed by atoms with Crippen molar-refractivity contribution in [3.8, 4) is 0 Å². The van der Waals surface area contributed by atoms with Crippen molar-refractivity contribution >= 4 is 17.1 Å². The van der Waals surface area contributed by atoms with Crippen LogP contribution in [0.3, 0.4) is 0 Å². The molecule has 0 fully saturated rings. The van der Waals surface area contributed by atoms with E-state index in [0.717, 1.165) is 27.0 Å². The molecule has 14 heteroatoms. The lowest BCUT2D eigenvalue weighted by Gasteiger charge is -2.33. The first-order valence-electron chi connectivity index (χ1n) is 7.24. The minimum Gasteiger partial charge on any atom is -0.490 e. The van der Waals surface area contributed by atoms with E-state index < -0.39 is 59.8 Å². The fraction of sp³-hybridized carbons (Fsp3) is 0.385. The van der Waals surface area contributed by atoms with Crippen molar-refractivity contribution in [1.82, 2.24) is 0 Å². The molecule has 2 rings (SSSR count). The van der Waals surface area contributed by atoms with Crippen molar-refractivity contribution in [2.45, 2.75) is 25.3 Å². The highest BCUT2D eigenvalue weighted by molar-refractivity contribution is 5.76. The Morgan fingerprint density at radius 2 is 1.56 bits per heavy atom. The molecule has 14 nitrogen and oxygen atoms in total. The summed E-state index contributed by atoms with van der Waals surface area (Å²) in [6, 6.07) is 1.43. The first kappa shape index (κ1) is 19.5. The lowest BCUT2D eigenvalue weighted by atomic mass is 9.77. The van der Waals surface area contributed by atoms with E-state index in [0.29, 0.717) is 11.0 Å². The molecule has 1 aromatic carbocycles. The summed E-state index contributed by atoms with van der Waals surface area (Å²) in [6.45, 7) is 2.04. The Hall–Kier alpha value is -3.84. The molecular weight excluding hydrogens is 370 g/mol. The second-order valence-electron chi connectivity index (χ2n) is 6.29. The molecular formula is C13H13N5O9. The summed E-state index contributed by atoms with van der Waals surface area (Å²) >= 11 is 0. The third-order valence-electron chi connectivity index (χ3n) is 4.35. The van der Waals surface area contributed by atoms with E-state index in [9.17, 15) is 45.6 Å². The van der Waals surface area contributed by atoms with Crippen LogP contribution in [-0.2, 0) is 0 Å². The van der Waals surface area contributed by atoms with Crippen molar-refractivity contribution in [1.29, 1.82) is 0 Å². The number of hydrogen-bond acceptors (Lipinski definition) is 10. The monoisotopic (exact) mass is 383 g/mol. The van der Waals surface area contributed by atoms with Crippen LogP contribution in [0.4, 0.5) is 17.1 Å².